The van der Waals surface area contributed by atoms with Gasteiger partial charge in [-0.3, -0.25) is 4.79 Å². The molecule has 0 saturated carbocycles. The second-order valence-electron chi connectivity index (χ2n) is 6.88. The summed E-state index contributed by atoms with van der Waals surface area (Å²) in [5.41, 5.74) is 2.38. The van der Waals surface area contributed by atoms with Gasteiger partial charge in [0.2, 0.25) is 0 Å². The van der Waals surface area contributed by atoms with Gasteiger partial charge in [-0.2, -0.15) is 0 Å². The Kier molecular flexibility index (Phi) is 5.00. The number of carbonyl (C=O) groups is 1. The van der Waals surface area contributed by atoms with E-state index in [0.29, 0.717) is 11.3 Å². The monoisotopic (exact) mass is 383 g/mol. The van der Waals surface area contributed by atoms with Gasteiger partial charge in [0.25, 0.3) is 5.91 Å². The largest absolute Gasteiger partial charge is 0.497 e. The van der Waals surface area contributed by atoms with E-state index in [9.17, 15) is 9.18 Å². The Labute approximate surface area is 162 Å². The molecule has 0 aliphatic carbocycles. The van der Waals surface area contributed by atoms with Crippen LogP contribution in [0.4, 0.5) is 4.39 Å². The Hall–Kier alpha value is -2.93. The molecule has 146 valence electrons. The molecule has 6 nitrogen and oxygen atoms in total. The average Bonchev–Trinajstić information content (AvgIpc) is 3.26. The molecule has 2 aromatic carbocycles. The maximum atomic E-state index is 14.5. The second kappa shape index (κ2) is 7.59. The number of imidazole rings is 1. The number of fused-ring (bicyclic) bond motifs is 1. The summed E-state index contributed by atoms with van der Waals surface area (Å²) in [5.74, 6) is 1.19. The van der Waals surface area contributed by atoms with E-state index in [-0.39, 0.29) is 25.6 Å². The highest BCUT2D eigenvalue weighted by molar-refractivity contribution is 5.94. The molecule has 2 atom stereocenters. The first-order valence-corrected chi connectivity index (χ1v) is 9.16. The summed E-state index contributed by atoms with van der Waals surface area (Å²) in [7, 11) is 3.48. The normalized spacial score (nSPS) is 19.3. The zero-order chi connectivity index (χ0) is 19.7. The summed E-state index contributed by atoms with van der Waals surface area (Å²) < 4.78 is 27.3. The minimum atomic E-state index is -1.23. The lowest BCUT2D eigenvalue weighted by atomic mass is 10.2. The van der Waals surface area contributed by atoms with Crippen LogP contribution >= 0.6 is 0 Å². The highest BCUT2D eigenvalue weighted by Crippen LogP contribution is 2.22. The van der Waals surface area contributed by atoms with Crippen LogP contribution in [0, 0.1) is 0 Å². The van der Waals surface area contributed by atoms with Gasteiger partial charge in [-0.25, -0.2) is 9.37 Å². The predicted octanol–water partition coefficient (Wildman–Crippen LogP) is 2.96. The van der Waals surface area contributed by atoms with Crippen molar-refractivity contribution in [3.05, 3.63) is 59.9 Å². The smallest absolute Gasteiger partial charge is 0.254 e. The van der Waals surface area contributed by atoms with Gasteiger partial charge in [-0.05, 0) is 36.4 Å². The predicted molar refractivity (Wildman–Crippen MR) is 103 cm³/mol. The molecule has 1 amide bonds. The van der Waals surface area contributed by atoms with E-state index in [1.54, 1.807) is 31.4 Å². The molecule has 7 heteroatoms. The number of nitrogens with zero attached hydrogens (tertiary/aromatic N) is 3. The number of benzene rings is 2. The van der Waals surface area contributed by atoms with Crippen molar-refractivity contribution < 1.29 is 18.7 Å². The third-order valence-electron chi connectivity index (χ3n) is 5.13. The molecule has 0 radical (unpaired) electrons. The number of amides is 1. The maximum Gasteiger partial charge on any atom is 0.254 e. The van der Waals surface area contributed by atoms with Crippen molar-refractivity contribution in [2.75, 3.05) is 20.2 Å². The van der Waals surface area contributed by atoms with Gasteiger partial charge in [-0.1, -0.05) is 12.1 Å². The van der Waals surface area contributed by atoms with E-state index in [1.165, 1.54) is 4.90 Å². The fourth-order valence-corrected chi connectivity index (χ4v) is 3.48. The molecule has 28 heavy (non-hydrogen) atoms. The van der Waals surface area contributed by atoms with Crippen LogP contribution in [-0.2, 0) is 18.4 Å². The lowest BCUT2D eigenvalue weighted by Crippen LogP contribution is -2.30. The van der Waals surface area contributed by atoms with E-state index < -0.39 is 12.3 Å². The molecular weight excluding hydrogens is 361 g/mol. The highest BCUT2D eigenvalue weighted by Gasteiger charge is 2.36. The molecule has 0 unspecified atom stereocenters. The number of aromatic nitrogens is 2. The number of halogens is 1. The molecule has 3 aromatic rings. The number of ether oxygens (including phenoxy) is 2. The van der Waals surface area contributed by atoms with Crippen molar-refractivity contribution in [3.63, 3.8) is 0 Å². The minimum absolute atomic E-state index is 0.0259. The quantitative estimate of drug-likeness (QED) is 0.680. The third kappa shape index (κ3) is 3.45. The summed E-state index contributed by atoms with van der Waals surface area (Å²) in [5, 5.41) is 0. The van der Waals surface area contributed by atoms with E-state index in [4.69, 9.17) is 9.47 Å². The Morgan fingerprint density at radius 1 is 1.18 bits per heavy atom. The number of alkyl halides is 1. The SMILES string of the molecule is COc1ccc(C(=O)N2C[C@@H](F)[C@@H](OCc3nc4ccccc4n3C)C2)cc1. The van der Waals surface area contributed by atoms with Gasteiger partial charge < -0.3 is 18.9 Å². The number of methoxy groups -OCH3 is 1. The summed E-state index contributed by atoms with van der Waals surface area (Å²) >= 11 is 0. The standard InChI is InChI=1S/C21H22FN3O3/c1-24-18-6-4-3-5-17(18)23-20(24)13-28-19-12-25(11-16(19)22)21(26)14-7-9-15(27-2)10-8-14/h3-10,16,19H,11-13H2,1-2H3/t16-,19+/m1/s1. The van der Waals surface area contributed by atoms with Gasteiger partial charge in [-0.15, -0.1) is 0 Å². The Morgan fingerprint density at radius 3 is 2.64 bits per heavy atom. The van der Waals surface area contributed by atoms with Crippen LogP contribution in [0.1, 0.15) is 16.2 Å². The number of likely N-dealkylation sites (tertiary alicyclic amines) is 1. The summed E-state index contributed by atoms with van der Waals surface area (Å²) in [6.07, 6.45) is -1.89. The van der Waals surface area contributed by atoms with Gasteiger partial charge in [0.1, 0.15) is 30.5 Å². The topological polar surface area (TPSA) is 56.6 Å². The third-order valence-corrected chi connectivity index (χ3v) is 5.13. The van der Waals surface area contributed by atoms with Crippen molar-refractivity contribution >= 4 is 16.9 Å². The van der Waals surface area contributed by atoms with Crippen LogP contribution in [-0.4, -0.2) is 52.8 Å². The van der Waals surface area contributed by atoms with E-state index in [0.717, 1.165) is 16.9 Å². The molecule has 1 aliphatic rings. The Morgan fingerprint density at radius 2 is 1.93 bits per heavy atom. The van der Waals surface area contributed by atoms with Gasteiger partial charge >= 0.3 is 0 Å². The maximum absolute atomic E-state index is 14.5. The first-order chi connectivity index (χ1) is 13.6. The molecule has 1 aromatic heterocycles. The Bertz CT molecular complexity index is 986. The van der Waals surface area contributed by atoms with Crippen molar-refractivity contribution in [2.45, 2.75) is 18.9 Å². The van der Waals surface area contributed by atoms with E-state index in [1.807, 2.05) is 35.9 Å². The summed E-state index contributed by atoms with van der Waals surface area (Å²) in [6.45, 7) is 0.439. The first-order valence-electron chi connectivity index (χ1n) is 9.16. The molecule has 2 heterocycles. The lowest BCUT2D eigenvalue weighted by Gasteiger charge is -2.16. The first kappa shape index (κ1) is 18.4. The molecule has 1 fully saturated rings. The zero-order valence-corrected chi connectivity index (χ0v) is 15.8. The van der Waals surface area contributed by atoms with Gasteiger partial charge in [0.15, 0.2) is 0 Å². The number of para-hydroxylation sites is 2. The van der Waals surface area contributed by atoms with Crippen molar-refractivity contribution in [1.82, 2.24) is 14.5 Å². The van der Waals surface area contributed by atoms with E-state index >= 15 is 0 Å². The molecule has 0 bridgehead atoms. The number of hydrogen-bond donors (Lipinski definition) is 0. The number of aryl methyl sites for hydroxylation is 1. The summed E-state index contributed by atoms with van der Waals surface area (Å²) in [4.78, 5) is 18.7. The highest BCUT2D eigenvalue weighted by atomic mass is 19.1. The van der Waals surface area contributed by atoms with Crippen LogP contribution < -0.4 is 4.74 Å². The van der Waals surface area contributed by atoms with E-state index in [2.05, 4.69) is 4.98 Å². The van der Waals surface area contributed by atoms with Crippen LogP contribution in [0.3, 0.4) is 0 Å². The number of rotatable bonds is 5. The van der Waals surface area contributed by atoms with Crippen LogP contribution in [0.15, 0.2) is 48.5 Å². The molecular formula is C21H22FN3O3. The second-order valence-corrected chi connectivity index (χ2v) is 6.88. The zero-order valence-electron chi connectivity index (χ0n) is 15.8. The lowest BCUT2D eigenvalue weighted by molar-refractivity contribution is 0.00774. The average molecular weight is 383 g/mol. The van der Waals surface area contributed by atoms with Crippen LogP contribution in [0.25, 0.3) is 11.0 Å². The minimum Gasteiger partial charge on any atom is -0.497 e. The van der Waals surface area contributed by atoms with Crippen molar-refractivity contribution in [1.29, 1.82) is 0 Å². The molecule has 1 aliphatic heterocycles. The van der Waals surface area contributed by atoms with Gasteiger partial charge in [0.05, 0.1) is 31.2 Å². The van der Waals surface area contributed by atoms with Crippen molar-refractivity contribution in [3.8, 4) is 5.75 Å². The molecule has 0 N–H and O–H groups in total. The van der Waals surface area contributed by atoms with Crippen LogP contribution in [0.2, 0.25) is 0 Å². The fourth-order valence-electron chi connectivity index (χ4n) is 3.48. The number of hydrogen-bond acceptors (Lipinski definition) is 4. The Balaban J connectivity index is 1.40. The molecule has 4 rings (SSSR count). The number of carbonyl (C=O) groups excluding carboxylic acids is 1. The molecule has 1 saturated heterocycles. The fraction of sp³-hybridized carbons (Fsp3) is 0.333. The summed E-state index contributed by atoms with van der Waals surface area (Å²) in [6, 6.07) is 14.6. The van der Waals surface area contributed by atoms with Crippen molar-refractivity contribution in [2.24, 2.45) is 7.05 Å². The van der Waals surface area contributed by atoms with Crippen LogP contribution in [0.5, 0.6) is 5.75 Å². The molecule has 0 spiro atoms. The van der Waals surface area contributed by atoms with Gasteiger partial charge in [0, 0.05) is 12.6 Å².